The van der Waals surface area contributed by atoms with Crippen LogP contribution in [-0.4, -0.2) is 77.8 Å². The summed E-state index contributed by atoms with van der Waals surface area (Å²) in [6.07, 6.45) is 1.39. The van der Waals surface area contributed by atoms with Crippen LogP contribution in [0.3, 0.4) is 0 Å². The van der Waals surface area contributed by atoms with E-state index in [0.29, 0.717) is 38.7 Å². The predicted octanol–water partition coefficient (Wildman–Crippen LogP) is 9.35. The lowest BCUT2D eigenvalue weighted by atomic mass is 10.2. The number of anilines is 1. The Bertz CT molecular complexity index is 2180. The highest BCUT2D eigenvalue weighted by Crippen LogP contribution is 2.31. The summed E-state index contributed by atoms with van der Waals surface area (Å²) in [4.78, 5) is 83.3. The van der Waals surface area contributed by atoms with E-state index >= 15 is 0 Å². The third kappa shape index (κ3) is 15.4. The molecule has 0 saturated carbocycles. The van der Waals surface area contributed by atoms with Crippen molar-refractivity contribution in [3.63, 3.8) is 0 Å². The molecule has 0 spiro atoms. The van der Waals surface area contributed by atoms with Gasteiger partial charge in [0, 0.05) is 16.9 Å². The second-order valence-corrected chi connectivity index (χ2v) is 17.5. The van der Waals surface area contributed by atoms with Gasteiger partial charge in [0.15, 0.2) is 0 Å². The number of carbonyl (C=O) groups excluding carboxylic acids is 6. The van der Waals surface area contributed by atoms with Crippen LogP contribution < -0.4 is 15.4 Å². The van der Waals surface area contributed by atoms with Crippen molar-refractivity contribution in [2.24, 2.45) is 4.99 Å². The van der Waals surface area contributed by atoms with Crippen LogP contribution in [0.25, 0.3) is 10.1 Å². The molecule has 60 heavy (non-hydrogen) atoms. The predicted molar refractivity (Wildman–Crippen MR) is 230 cm³/mol. The number of esters is 3. The zero-order valence-electron chi connectivity index (χ0n) is 35.1. The largest absolute Gasteiger partial charge is 0.464 e. The first-order valence-electron chi connectivity index (χ1n) is 19.5. The summed E-state index contributed by atoms with van der Waals surface area (Å²) in [6.45, 7) is 14.4. The maximum absolute atomic E-state index is 13.9. The standard InChI is InChI=1S/C43H52N4O11S2/c1-9-11-19-54-35(48)25-47(24-27-21-34(59-26-27)38(51)55-20-12-10-2)36(49)33-22-29-15-18-31(23-32(29)60-33)56-37(50)28-13-16-30(17-14-28)44-39(45-40(52)57-42(3,4)5)46-41(53)58-43(6,7)8/h13-18,21-23,26H,9-12,19-20,24-25H2,1-8H3,(H2,44,45,46,52,53). The van der Waals surface area contributed by atoms with Crippen LogP contribution in [-0.2, 0) is 30.3 Å². The molecular weight excluding hydrogens is 813 g/mol. The molecule has 2 N–H and O–H groups in total. The van der Waals surface area contributed by atoms with Gasteiger partial charge in [0.05, 0.1) is 23.7 Å². The van der Waals surface area contributed by atoms with Gasteiger partial charge in [-0.2, -0.15) is 0 Å². The molecule has 0 bridgehead atoms. The van der Waals surface area contributed by atoms with Crippen LogP contribution in [0.5, 0.6) is 5.75 Å². The van der Waals surface area contributed by atoms with Gasteiger partial charge in [-0.1, -0.05) is 26.7 Å². The fourth-order valence-electron chi connectivity index (χ4n) is 5.09. The van der Waals surface area contributed by atoms with Gasteiger partial charge in [-0.15, -0.1) is 27.7 Å². The molecule has 17 heteroatoms. The van der Waals surface area contributed by atoms with E-state index in [-0.39, 0.29) is 37.0 Å². The van der Waals surface area contributed by atoms with E-state index in [2.05, 4.69) is 15.6 Å². The minimum Gasteiger partial charge on any atom is -0.464 e. The Kier molecular flexibility index (Phi) is 16.8. The van der Waals surface area contributed by atoms with E-state index in [1.165, 1.54) is 51.8 Å². The molecular formula is C43H52N4O11S2. The van der Waals surface area contributed by atoms with Gasteiger partial charge in [-0.3, -0.25) is 14.9 Å². The Morgan fingerprint density at radius 2 is 1.43 bits per heavy atom. The van der Waals surface area contributed by atoms with Crippen LogP contribution in [0.1, 0.15) is 116 Å². The summed E-state index contributed by atoms with van der Waals surface area (Å²) in [5, 5.41) is 7.72. The van der Waals surface area contributed by atoms with Gasteiger partial charge >= 0.3 is 30.1 Å². The minimum absolute atomic E-state index is 0.0595. The summed E-state index contributed by atoms with van der Waals surface area (Å²) in [7, 11) is 0. The second kappa shape index (κ2) is 21.4. The first kappa shape index (κ1) is 46.9. The third-order valence-corrected chi connectivity index (χ3v) is 9.88. The molecule has 15 nitrogen and oxygen atoms in total. The summed E-state index contributed by atoms with van der Waals surface area (Å²) in [5.74, 6) is -2.08. The van der Waals surface area contributed by atoms with Gasteiger partial charge in [0.2, 0.25) is 5.96 Å². The molecule has 0 atom stereocenters. The first-order valence-corrected chi connectivity index (χ1v) is 21.2. The van der Waals surface area contributed by atoms with Crippen LogP contribution in [0.4, 0.5) is 15.3 Å². The Balaban J connectivity index is 1.47. The highest BCUT2D eigenvalue weighted by molar-refractivity contribution is 7.20. The number of fused-ring (bicyclic) bond motifs is 1. The average Bonchev–Trinajstić information content (AvgIpc) is 3.80. The smallest absolute Gasteiger partial charge is 0.437 e. The highest BCUT2D eigenvalue weighted by Gasteiger charge is 2.25. The molecule has 0 radical (unpaired) electrons. The van der Waals surface area contributed by atoms with E-state index in [4.69, 9.17) is 23.7 Å². The van der Waals surface area contributed by atoms with E-state index < -0.39 is 47.2 Å². The number of nitrogens with one attached hydrogen (secondary N) is 2. The van der Waals surface area contributed by atoms with Crippen molar-refractivity contribution < 1.29 is 52.5 Å². The lowest BCUT2D eigenvalue weighted by Gasteiger charge is -2.21. The van der Waals surface area contributed by atoms with Crippen LogP contribution in [0, 0.1) is 0 Å². The molecule has 3 amide bonds. The monoisotopic (exact) mass is 864 g/mol. The Morgan fingerprint density at radius 3 is 2.08 bits per heavy atom. The Morgan fingerprint density at radius 1 is 0.767 bits per heavy atom. The molecule has 0 aliphatic heterocycles. The lowest BCUT2D eigenvalue weighted by molar-refractivity contribution is -0.144. The van der Waals surface area contributed by atoms with Gasteiger partial charge in [0.1, 0.15) is 28.4 Å². The number of thiophene rings is 2. The number of alkyl carbamates (subject to hydrolysis) is 1. The van der Waals surface area contributed by atoms with Gasteiger partial charge in [-0.05, 0) is 125 Å². The molecule has 2 heterocycles. The maximum atomic E-state index is 13.9. The number of nitrogens with zero attached hydrogens (tertiary/aromatic N) is 2. The van der Waals surface area contributed by atoms with Crippen molar-refractivity contribution in [1.29, 1.82) is 0 Å². The number of hydrogen-bond acceptors (Lipinski definition) is 13. The SMILES string of the molecule is CCCCOC(=O)CN(Cc1csc(C(=O)OCCCC)c1)C(=O)c1cc2ccc(OC(=O)c3ccc(N/C(=N/C(=O)OC(C)(C)C)NC(=O)OC(C)(C)C)cc3)cc2s1. The van der Waals surface area contributed by atoms with Crippen molar-refractivity contribution in [2.75, 3.05) is 25.1 Å². The molecule has 2 aromatic carbocycles. The number of rotatable bonds is 15. The first-order chi connectivity index (χ1) is 28.3. The quantitative estimate of drug-likeness (QED) is 0.0288. The number of carbonyl (C=O) groups is 6. The second-order valence-electron chi connectivity index (χ2n) is 15.5. The molecule has 0 unspecified atom stereocenters. The Labute approximate surface area is 357 Å². The topological polar surface area (TPSA) is 188 Å². The lowest BCUT2D eigenvalue weighted by Crippen LogP contribution is -2.40. The number of benzene rings is 2. The van der Waals surface area contributed by atoms with Crippen molar-refractivity contribution in [2.45, 2.75) is 98.8 Å². The molecule has 0 fully saturated rings. The van der Waals surface area contributed by atoms with E-state index in [1.54, 1.807) is 77.3 Å². The number of ether oxygens (including phenoxy) is 5. The average molecular weight is 865 g/mol. The van der Waals surface area contributed by atoms with Crippen LogP contribution in [0.15, 0.2) is 65.0 Å². The molecule has 2 aromatic heterocycles. The van der Waals surface area contributed by atoms with E-state index in [0.717, 1.165) is 24.6 Å². The zero-order valence-corrected chi connectivity index (χ0v) is 36.8. The number of hydrogen-bond donors (Lipinski definition) is 2. The van der Waals surface area contributed by atoms with E-state index in [1.807, 2.05) is 13.8 Å². The summed E-state index contributed by atoms with van der Waals surface area (Å²) in [5.41, 5.74) is -0.410. The minimum atomic E-state index is -0.949. The van der Waals surface area contributed by atoms with Crippen molar-refractivity contribution in [3.05, 3.63) is 80.9 Å². The Hall–Kier alpha value is -5.81. The van der Waals surface area contributed by atoms with E-state index in [9.17, 15) is 28.8 Å². The van der Waals surface area contributed by atoms with Crippen LogP contribution in [0.2, 0.25) is 0 Å². The number of unbranched alkanes of at least 4 members (excludes halogenated alkanes) is 2. The zero-order chi connectivity index (χ0) is 44.0. The normalized spacial score (nSPS) is 11.7. The summed E-state index contributed by atoms with van der Waals surface area (Å²) < 4.78 is 27.6. The fraction of sp³-hybridized carbons (Fsp3) is 0.419. The van der Waals surface area contributed by atoms with Crippen molar-refractivity contribution in [1.82, 2.24) is 10.2 Å². The van der Waals surface area contributed by atoms with Gasteiger partial charge in [-0.25, -0.2) is 19.2 Å². The van der Waals surface area contributed by atoms with Gasteiger partial charge < -0.3 is 33.9 Å². The molecule has 322 valence electrons. The van der Waals surface area contributed by atoms with Crippen molar-refractivity contribution >= 4 is 80.4 Å². The van der Waals surface area contributed by atoms with Crippen LogP contribution >= 0.6 is 22.7 Å². The summed E-state index contributed by atoms with van der Waals surface area (Å²) in [6, 6.07) is 14.4. The fourth-order valence-corrected chi connectivity index (χ4v) is 6.94. The number of aliphatic imine (C=N–C) groups is 1. The number of amides is 3. The highest BCUT2D eigenvalue weighted by atomic mass is 32.1. The molecule has 0 aliphatic rings. The summed E-state index contributed by atoms with van der Waals surface area (Å²) >= 11 is 2.39. The molecule has 4 aromatic rings. The molecule has 4 rings (SSSR count). The third-order valence-electron chi connectivity index (χ3n) is 7.84. The molecule has 0 saturated heterocycles. The van der Waals surface area contributed by atoms with Gasteiger partial charge in [0.25, 0.3) is 5.91 Å². The number of guanidine groups is 1. The van der Waals surface area contributed by atoms with Crippen molar-refractivity contribution in [3.8, 4) is 5.75 Å². The maximum Gasteiger partial charge on any atom is 0.437 e. The molecule has 0 aliphatic carbocycles.